The smallest absolute Gasteiger partial charge is 0.355 e. The number of fused-ring (bicyclic) bond motifs is 1. The molecule has 0 saturated carbocycles. The van der Waals surface area contributed by atoms with Crippen molar-refractivity contribution < 1.29 is 19.1 Å². The molecule has 2 atom stereocenters. The normalized spacial score (nSPS) is 26.0. The summed E-state index contributed by atoms with van der Waals surface area (Å²) in [5.74, 6) is -2.93. The molecule has 1 fully saturated rings. The third-order valence-corrected chi connectivity index (χ3v) is 4.67. The molecule has 120 valence electrons. The SMILES string of the molecule is COC(=O)C1=NN[C@]2(C)C(=O)N(c3ccc(Cl)c(Cl)c3)C(=O)[C@H]12. The van der Waals surface area contributed by atoms with Crippen LogP contribution >= 0.6 is 23.2 Å². The quantitative estimate of drug-likeness (QED) is 0.639. The minimum Gasteiger partial charge on any atom is -0.464 e. The Bertz CT molecular complexity index is 779. The Labute approximate surface area is 141 Å². The van der Waals surface area contributed by atoms with E-state index < -0.39 is 29.2 Å². The van der Waals surface area contributed by atoms with E-state index in [0.29, 0.717) is 5.02 Å². The molecule has 0 aromatic heterocycles. The number of carbonyl (C=O) groups excluding carboxylic acids is 3. The van der Waals surface area contributed by atoms with Crippen LogP contribution in [0.3, 0.4) is 0 Å². The van der Waals surface area contributed by atoms with Crippen molar-refractivity contribution in [1.82, 2.24) is 5.43 Å². The Morgan fingerprint density at radius 2 is 2.04 bits per heavy atom. The van der Waals surface area contributed by atoms with Crippen molar-refractivity contribution in [3.63, 3.8) is 0 Å². The van der Waals surface area contributed by atoms with Gasteiger partial charge >= 0.3 is 5.97 Å². The minimum absolute atomic E-state index is 0.129. The van der Waals surface area contributed by atoms with Crippen molar-refractivity contribution >= 4 is 52.4 Å². The maximum Gasteiger partial charge on any atom is 0.355 e. The van der Waals surface area contributed by atoms with E-state index in [9.17, 15) is 14.4 Å². The number of hydrazone groups is 1. The Morgan fingerprint density at radius 1 is 1.35 bits per heavy atom. The molecular weight excluding hydrogens is 345 g/mol. The molecule has 1 N–H and O–H groups in total. The van der Waals surface area contributed by atoms with E-state index >= 15 is 0 Å². The molecule has 1 aromatic rings. The second kappa shape index (κ2) is 5.21. The Hall–Kier alpha value is -2.12. The van der Waals surface area contributed by atoms with Crippen LogP contribution in [0, 0.1) is 5.92 Å². The van der Waals surface area contributed by atoms with Gasteiger partial charge in [-0.3, -0.25) is 15.0 Å². The van der Waals surface area contributed by atoms with Gasteiger partial charge in [-0.05, 0) is 25.1 Å². The summed E-state index contributed by atoms with van der Waals surface area (Å²) in [5, 5.41) is 4.31. The summed E-state index contributed by atoms with van der Waals surface area (Å²) in [7, 11) is 1.18. The number of carbonyl (C=O) groups is 3. The number of esters is 1. The van der Waals surface area contributed by atoms with Crippen molar-refractivity contribution in [3.8, 4) is 0 Å². The van der Waals surface area contributed by atoms with Gasteiger partial charge in [0.1, 0.15) is 11.5 Å². The molecule has 2 heterocycles. The average molecular weight is 356 g/mol. The van der Waals surface area contributed by atoms with Crippen LogP contribution in [-0.2, 0) is 19.1 Å². The number of anilines is 1. The summed E-state index contributed by atoms with van der Waals surface area (Å²) in [5.41, 5.74) is 1.39. The van der Waals surface area contributed by atoms with Crippen LogP contribution < -0.4 is 10.3 Å². The first-order valence-electron chi connectivity index (χ1n) is 6.57. The summed E-state index contributed by atoms with van der Waals surface area (Å²) in [6.45, 7) is 1.51. The molecule has 23 heavy (non-hydrogen) atoms. The summed E-state index contributed by atoms with van der Waals surface area (Å²) in [6.07, 6.45) is 0. The number of imide groups is 1. The van der Waals surface area contributed by atoms with Gasteiger partial charge in [0.15, 0.2) is 5.71 Å². The highest BCUT2D eigenvalue weighted by Gasteiger charge is 2.63. The lowest BCUT2D eigenvalue weighted by atomic mass is 9.86. The highest BCUT2D eigenvalue weighted by atomic mass is 35.5. The maximum absolute atomic E-state index is 12.7. The van der Waals surface area contributed by atoms with Gasteiger partial charge in [-0.25, -0.2) is 9.69 Å². The van der Waals surface area contributed by atoms with E-state index in [1.54, 1.807) is 0 Å². The Morgan fingerprint density at radius 3 is 2.65 bits per heavy atom. The van der Waals surface area contributed by atoms with Crippen LogP contribution in [0.1, 0.15) is 6.92 Å². The van der Waals surface area contributed by atoms with Gasteiger partial charge < -0.3 is 4.74 Å². The van der Waals surface area contributed by atoms with Crippen LogP contribution in [-0.4, -0.2) is 36.1 Å². The first-order valence-corrected chi connectivity index (χ1v) is 7.33. The fourth-order valence-electron chi connectivity index (χ4n) is 2.71. The van der Waals surface area contributed by atoms with Crippen LogP contribution in [0.15, 0.2) is 23.3 Å². The van der Waals surface area contributed by atoms with Gasteiger partial charge in [-0.1, -0.05) is 23.2 Å². The Balaban J connectivity index is 2.05. The van der Waals surface area contributed by atoms with Crippen molar-refractivity contribution in [2.24, 2.45) is 11.0 Å². The van der Waals surface area contributed by atoms with Crippen LogP contribution in [0.2, 0.25) is 10.0 Å². The summed E-state index contributed by atoms with van der Waals surface area (Å²) < 4.78 is 4.62. The number of nitrogens with one attached hydrogen (secondary N) is 1. The van der Waals surface area contributed by atoms with Gasteiger partial charge in [0.05, 0.1) is 22.8 Å². The number of halogens is 2. The molecule has 0 radical (unpaired) electrons. The number of benzene rings is 1. The van der Waals surface area contributed by atoms with E-state index in [2.05, 4.69) is 15.3 Å². The molecule has 1 aromatic carbocycles. The van der Waals surface area contributed by atoms with Crippen molar-refractivity contribution in [3.05, 3.63) is 28.2 Å². The first kappa shape index (κ1) is 15.8. The molecule has 0 unspecified atom stereocenters. The number of nitrogens with zero attached hydrogens (tertiary/aromatic N) is 2. The van der Waals surface area contributed by atoms with E-state index in [1.807, 2.05) is 0 Å². The molecule has 2 amide bonds. The van der Waals surface area contributed by atoms with Crippen molar-refractivity contribution in [2.75, 3.05) is 12.0 Å². The number of ether oxygens (including phenoxy) is 1. The molecule has 2 aliphatic rings. The van der Waals surface area contributed by atoms with Crippen molar-refractivity contribution in [1.29, 1.82) is 0 Å². The van der Waals surface area contributed by atoms with Gasteiger partial charge in [-0.2, -0.15) is 5.10 Å². The number of hydrogen-bond acceptors (Lipinski definition) is 6. The first-order chi connectivity index (χ1) is 10.8. The van der Waals surface area contributed by atoms with E-state index in [-0.39, 0.29) is 16.4 Å². The van der Waals surface area contributed by atoms with E-state index in [1.165, 1.54) is 32.2 Å². The topological polar surface area (TPSA) is 88.1 Å². The molecule has 0 spiro atoms. The largest absolute Gasteiger partial charge is 0.464 e. The molecule has 1 saturated heterocycles. The fourth-order valence-corrected chi connectivity index (χ4v) is 3.00. The maximum atomic E-state index is 12.7. The highest BCUT2D eigenvalue weighted by molar-refractivity contribution is 6.47. The standard InChI is InChI=1S/C14H11Cl2N3O4/c1-14-9(10(17-18-14)12(21)23-2)11(20)19(13(14)22)6-3-4-7(15)8(16)5-6/h3-5,9,18H,1-2H3/t9-,14-/m0/s1. The third-order valence-electron chi connectivity index (χ3n) is 3.93. The summed E-state index contributed by atoms with van der Waals surface area (Å²) in [6, 6.07) is 4.40. The van der Waals surface area contributed by atoms with Crippen LogP contribution in [0.5, 0.6) is 0 Å². The molecule has 3 rings (SSSR count). The van der Waals surface area contributed by atoms with Crippen LogP contribution in [0.4, 0.5) is 5.69 Å². The summed E-state index contributed by atoms with van der Waals surface area (Å²) in [4.78, 5) is 38.2. The predicted molar refractivity (Wildman–Crippen MR) is 83.4 cm³/mol. The molecule has 0 aliphatic carbocycles. The van der Waals surface area contributed by atoms with Gasteiger partial charge in [0.25, 0.3) is 5.91 Å². The molecular formula is C14H11Cl2N3O4. The second-order valence-electron chi connectivity index (χ2n) is 5.31. The lowest BCUT2D eigenvalue weighted by molar-refractivity contribution is -0.133. The van der Waals surface area contributed by atoms with E-state index in [0.717, 1.165) is 4.90 Å². The predicted octanol–water partition coefficient (Wildman–Crippen LogP) is 1.37. The average Bonchev–Trinajstić information content (AvgIpc) is 2.96. The number of hydrogen-bond donors (Lipinski definition) is 1. The number of rotatable bonds is 2. The molecule has 9 heteroatoms. The number of amides is 2. The Kier molecular flexibility index (Phi) is 3.57. The van der Waals surface area contributed by atoms with Gasteiger partial charge in [0, 0.05) is 0 Å². The third kappa shape index (κ3) is 2.11. The lowest BCUT2D eigenvalue weighted by Gasteiger charge is -2.20. The minimum atomic E-state index is -1.34. The monoisotopic (exact) mass is 355 g/mol. The fraction of sp³-hybridized carbons (Fsp3) is 0.286. The zero-order valence-electron chi connectivity index (χ0n) is 12.1. The number of methoxy groups -OCH3 is 1. The second-order valence-corrected chi connectivity index (χ2v) is 6.13. The molecule has 2 aliphatic heterocycles. The zero-order chi connectivity index (χ0) is 16.9. The van der Waals surface area contributed by atoms with Crippen LogP contribution in [0.25, 0.3) is 0 Å². The summed E-state index contributed by atoms with van der Waals surface area (Å²) >= 11 is 11.8. The van der Waals surface area contributed by atoms with E-state index in [4.69, 9.17) is 23.2 Å². The van der Waals surface area contributed by atoms with Gasteiger partial charge in [0.2, 0.25) is 5.91 Å². The highest BCUT2D eigenvalue weighted by Crippen LogP contribution is 2.39. The van der Waals surface area contributed by atoms with Crippen molar-refractivity contribution in [2.45, 2.75) is 12.5 Å². The zero-order valence-corrected chi connectivity index (χ0v) is 13.6. The lowest BCUT2D eigenvalue weighted by Crippen LogP contribution is -2.48. The van der Waals surface area contributed by atoms with Gasteiger partial charge in [-0.15, -0.1) is 0 Å². The molecule has 7 nitrogen and oxygen atoms in total. The molecule has 0 bridgehead atoms.